The molecule has 2 fully saturated rings. The van der Waals surface area contributed by atoms with E-state index in [-0.39, 0.29) is 17.9 Å². The summed E-state index contributed by atoms with van der Waals surface area (Å²) in [6.07, 6.45) is -1.62. The first kappa shape index (κ1) is 10.5. The lowest BCUT2D eigenvalue weighted by molar-refractivity contribution is -0.175. The van der Waals surface area contributed by atoms with Gasteiger partial charge in [-0.2, -0.15) is 0 Å². The van der Waals surface area contributed by atoms with Crippen LogP contribution in [0.4, 0.5) is 4.79 Å². The molecule has 0 unspecified atom stereocenters. The van der Waals surface area contributed by atoms with Crippen LogP contribution in [0.15, 0.2) is 0 Å². The van der Waals surface area contributed by atoms with Crippen molar-refractivity contribution < 1.29 is 29.1 Å². The van der Waals surface area contributed by atoms with Crippen LogP contribution in [-0.2, 0) is 19.2 Å². The molecule has 2 rings (SSSR count). The molecule has 0 aliphatic carbocycles. The third-order valence-electron chi connectivity index (χ3n) is 1.38. The number of carbonyl (C=O) groups excluding carboxylic acids is 2. The summed E-state index contributed by atoms with van der Waals surface area (Å²) in [7, 11) is 0. The Hall–Kier alpha value is -1.63. The van der Waals surface area contributed by atoms with Crippen molar-refractivity contribution in [1.82, 2.24) is 5.06 Å². The summed E-state index contributed by atoms with van der Waals surface area (Å²) < 4.78 is 4.50. The molecule has 2 saturated heterocycles. The molecule has 0 aromatic heterocycles. The van der Waals surface area contributed by atoms with Gasteiger partial charge < -0.3 is 9.84 Å². The fraction of sp³-hybridized carbons (Fsp3) is 0.571. The maximum absolute atomic E-state index is 10.6. The summed E-state index contributed by atoms with van der Waals surface area (Å²) in [5, 5.41) is 8.31. The minimum atomic E-state index is -1.66. The molecule has 7 nitrogen and oxygen atoms in total. The zero-order valence-corrected chi connectivity index (χ0v) is 7.26. The second kappa shape index (κ2) is 4.56. The van der Waals surface area contributed by atoms with E-state index >= 15 is 0 Å². The van der Waals surface area contributed by atoms with Gasteiger partial charge in [0.2, 0.25) is 0 Å². The Kier molecular flexibility index (Phi) is 3.41. The lowest BCUT2D eigenvalue weighted by Gasteiger charge is -2.08. The lowest BCUT2D eigenvalue weighted by atomic mass is 10.4. The molecule has 0 atom stereocenters. The van der Waals surface area contributed by atoms with Crippen LogP contribution in [0.25, 0.3) is 0 Å². The van der Waals surface area contributed by atoms with E-state index in [2.05, 4.69) is 9.57 Å². The Morgan fingerprint density at radius 1 is 1.29 bits per heavy atom. The Morgan fingerprint density at radius 2 is 1.71 bits per heavy atom. The van der Waals surface area contributed by atoms with E-state index in [0.29, 0.717) is 0 Å². The number of ether oxygens (including phenoxy) is 1. The molecule has 0 aromatic carbocycles. The van der Waals surface area contributed by atoms with Crippen molar-refractivity contribution in [3.63, 3.8) is 0 Å². The number of nitrogens with zero attached hydrogens (tertiary/aromatic N) is 1. The summed E-state index contributed by atoms with van der Waals surface area (Å²) in [5.41, 5.74) is 0. The Morgan fingerprint density at radius 3 is 2.00 bits per heavy atom. The van der Waals surface area contributed by atoms with Crippen LogP contribution in [0, 0.1) is 0 Å². The molecule has 7 heteroatoms. The number of hydrogen-bond donors (Lipinski definition) is 1. The molecule has 2 amide bonds. The highest BCUT2D eigenvalue weighted by Gasteiger charge is 2.32. The summed E-state index contributed by atoms with van der Waals surface area (Å²) in [6.45, 7) is 2.00. The standard InChI is InChI=1S/C5H5NO5.C2H4O/c7-3-1-2-4(8)6(3)11-5(9)10;1-2-3-1/h1-2H2,(H,9,10);1-2H2. The highest BCUT2D eigenvalue weighted by molar-refractivity contribution is 6.01. The average Bonchev–Trinajstić information content (AvgIpc) is 2.93. The fourth-order valence-corrected chi connectivity index (χ4v) is 0.736. The normalized spacial score (nSPS) is 18.7. The van der Waals surface area contributed by atoms with Gasteiger partial charge in [-0.3, -0.25) is 14.4 Å². The Balaban J connectivity index is 0.000000276. The van der Waals surface area contributed by atoms with Crippen molar-refractivity contribution in [3.8, 4) is 0 Å². The van der Waals surface area contributed by atoms with Crippen LogP contribution in [0.5, 0.6) is 0 Å². The van der Waals surface area contributed by atoms with Gasteiger partial charge in [0.25, 0.3) is 11.8 Å². The molecule has 14 heavy (non-hydrogen) atoms. The summed E-state index contributed by atoms with van der Waals surface area (Å²) >= 11 is 0. The lowest BCUT2D eigenvalue weighted by Crippen LogP contribution is -2.31. The van der Waals surface area contributed by atoms with E-state index in [4.69, 9.17) is 5.11 Å². The van der Waals surface area contributed by atoms with E-state index in [1.165, 1.54) is 0 Å². The van der Waals surface area contributed by atoms with Crippen LogP contribution < -0.4 is 0 Å². The highest BCUT2D eigenvalue weighted by atomic mass is 16.8. The summed E-state index contributed by atoms with van der Waals surface area (Å²) in [4.78, 5) is 35.0. The maximum atomic E-state index is 10.6. The molecule has 2 aliphatic rings. The summed E-state index contributed by atoms with van der Waals surface area (Å²) in [6, 6.07) is 0. The van der Waals surface area contributed by atoms with Crippen molar-refractivity contribution in [3.05, 3.63) is 0 Å². The molecule has 0 saturated carbocycles. The minimum Gasteiger partial charge on any atom is -0.448 e. The van der Waals surface area contributed by atoms with Crippen LogP contribution in [0.3, 0.4) is 0 Å². The molecule has 2 aliphatic heterocycles. The minimum absolute atomic E-state index is 0.0200. The van der Waals surface area contributed by atoms with Crippen LogP contribution >= 0.6 is 0 Å². The number of amides is 2. The first-order chi connectivity index (χ1) is 6.61. The van der Waals surface area contributed by atoms with E-state index in [1.54, 1.807) is 0 Å². The zero-order chi connectivity index (χ0) is 10.6. The first-order valence-electron chi connectivity index (χ1n) is 3.95. The topological polar surface area (TPSA) is 96.4 Å². The van der Waals surface area contributed by atoms with Gasteiger partial charge in [-0.1, -0.05) is 5.06 Å². The molecule has 0 radical (unpaired) electrons. The van der Waals surface area contributed by atoms with Gasteiger partial charge in [-0.05, 0) is 0 Å². The Labute approximate surface area is 79.1 Å². The molecule has 0 bridgehead atoms. The number of carbonyl (C=O) groups is 3. The molecule has 2 heterocycles. The van der Waals surface area contributed by atoms with Crippen LogP contribution in [-0.4, -0.2) is 41.4 Å². The van der Waals surface area contributed by atoms with Gasteiger partial charge in [0.15, 0.2) is 0 Å². The van der Waals surface area contributed by atoms with Crippen molar-refractivity contribution in [2.75, 3.05) is 13.2 Å². The number of imide groups is 1. The van der Waals surface area contributed by atoms with E-state index in [0.717, 1.165) is 13.2 Å². The number of rotatable bonds is 1. The second-order valence-electron chi connectivity index (χ2n) is 2.55. The highest BCUT2D eigenvalue weighted by Crippen LogP contribution is 2.11. The monoisotopic (exact) mass is 203 g/mol. The van der Waals surface area contributed by atoms with Crippen LogP contribution in [0.2, 0.25) is 0 Å². The number of hydroxylamine groups is 2. The number of carboxylic acid groups (broad SMARTS) is 1. The summed E-state index contributed by atoms with van der Waals surface area (Å²) in [5.74, 6) is -1.23. The second-order valence-corrected chi connectivity index (χ2v) is 2.55. The molecule has 0 spiro atoms. The third-order valence-corrected chi connectivity index (χ3v) is 1.38. The van der Waals surface area contributed by atoms with Gasteiger partial charge in [0.1, 0.15) is 0 Å². The molecular weight excluding hydrogens is 194 g/mol. The van der Waals surface area contributed by atoms with Crippen molar-refractivity contribution >= 4 is 18.0 Å². The third kappa shape index (κ3) is 3.40. The first-order valence-corrected chi connectivity index (χ1v) is 3.95. The molecule has 1 N–H and O–H groups in total. The van der Waals surface area contributed by atoms with Gasteiger partial charge in [0.05, 0.1) is 13.2 Å². The van der Waals surface area contributed by atoms with Crippen molar-refractivity contribution in [1.29, 1.82) is 0 Å². The van der Waals surface area contributed by atoms with Gasteiger partial charge in [0, 0.05) is 12.8 Å². The Bertz CT molecular complexity index is 242. The van der Waals surface area contributed by atoms with E-state index in [9.17, 15) is 14.4 Å². The number of hydrogen-bond acceptors (Lipinski definition) is 5. The maximum Gasteiger partial charge on any atom is 0.531 e. The molecule has 0 aromatic rings. The molecule has 78 valence electrons. The van der Waals surface area contributed by atoms with E-state index in [1.807, 2.05) is 0 Å². The van der Waals surface area contributed by atoms with E-state index < -0.39 is 18.0 Å². The van der Waals surface area contributed by atoms with Gasteiger partial charge in [-0.15, -0.1) is 0 Å². The van der Waals surface area contributed by atoms with Crippen molar-refractivity contribution in [2.45, 2.75) is 12.8 Å². The SMILES string of the molecule is C1CO1.O=C(O)ON1C(=O)CCC1=O. The van der Waals surface area contributed by atoms with Crippen LogP contribution in [0.1, 0.15) is 12.8 Å². The predicted octanol–water partition coefficient (Wildman–Crippen LogP) is -0.238. The average molecular weight is 203 g/mol. The fourth-order valence-electron chi connectivity index (χ4n) is 0.736. The quantitative estimate of drug-likeness (QED) is 0.466. The smallest absolute Gasteiger partial charge is 0.448 e. The van der Waals surface area contributed by atoms with Gasteiger partial charge in [-0.25, -0.2) is 4.79 Å². The number of epoxide rings is 1. The predicted molar refractivity (Wildman–Crippen MR) is 41.0 cm³/mol. The zero-order valence-electron chi connectivity index (χ0n) is 7.26. The molecular formula is C7H9NO6. The van der Waals surface area contributed by atoms with Gasteiger partial charge >= 0.3 is 6.16 Å². The van der Waals surface area contributed by atoms with Crippen molar-refractivity contribution in [2.24, 2.45) is 0 Å². The largest absolute Gasteiger partial charge is 0.531 e.